The van der Waals surface area contributed by atoms with Crippen LogP contribution < -0.4 is 0 Å². The van der Waals surface area contributed by atoms with E-state index in [-0.39, 0.29) is 137 Å². The summed E-state index contributed by atoms with van der Waals surface area (Å²) < 4.78 is 0. The van der Waals surface area contributed by atoms with E-state index in [0.29, 0.717) is 0 Å². The van der Waals surface area contributed by atoms with E-state index in [4.69, 9.17) is 0 Å². The first-order valence-corrected chi connectivity index (χ1v) is 0. The van der Waals surface area contributed by atoms with E-state index in [1.807, 2.05) is 0 Å². The fourth-order valence-corrected chi connectivity index (χ4v) is 0. The number of hydrogen-bond donors (Lipinski definition) is 0. The van der Waals surface area contributed by atoms with Crippen LogP contribution >= 0.6 is 0 Å². The van der Waals surface area contributed by atoms with Crippen molar-refractivity contribution < 1.29 is 0 Å². The van der Waals surface area contributed by atoms with E-state index in [2.05, 4.69) is 0 Å². The van der Waals surface area contributed by atoms with Gasteiger partial charge in [-0.1, -0.05) is 0 Å². The van der Waals surface area contributed by atoms with Gasteiger partial charge in [-0.25, -0.2) is 0 Å². The Bertz CT molecular complexity index is 8.00. The standard InChI is InChI=1S/Bi.Ca.Pb.Sr/q+3;+2;;+2. The predicted molar refractivity (Wildman–Crippen MR) is 23.0 cm³/mol. The average molecular weight is 544 g/mol. The molecule has 0 aromatic carbocycles. The zero-order valence-electron chi connectivity index (χ0n) is 2.36. The van der Waals surface area contributed by atoms with Crippen LogP contribution in [0.1, 0.15) is 0 Å². The maximum atomic E-state index is 0. The van der Waals surface area contributed by atoms with Crippen molar-refractivity contribution in [3.63, 3.8) is 0 Å². The molecule has 0 fully saturated rings. The molecule has 0 atom stereocenters. The summed E-state index contributed by atoms with van der Waals surface area (Å²) in [4.78, 5) is 0. The normalized spacial score (nSPS) is 0. The van der Waals surface area contributed by atoms with Gasteiger partial charge < -0.3 is 0 Å². The Morgan fingerprint density at radius 3 is 1.00 bits per heavy atom. The van der Waals surface area contributed by atoms with Crippen LogP contribution in [0.3, 0.4) is 0 Å². The van der Waals surface area contributed by atoms with Gasteiger partial charge >= 0.3 is 109 Å². The first-order valence-electron chi connectivity index (χ1n) is 0. The fraction of sp³-hybridized carbons (Fsp3) is 0. The minimum absolute atomic E-state index is 0. The molecule has 0 N–H and O–H groups in total. The summed E-state index contributed by atoms with van der Waals surface area (Å²) in [6.07, 6.45) is 0. The third-order valence-electron chi connectivity index (χ3n) is 0. The molecule has 6 radical (unpaired) electrons. The second-order valence-electron chi connectivity index (χ2n) is 0. The maximum absolute atomic E-state index is 0. The molecule has 4 heavy (non-hydrogen) atoms. The summed E-state index contributed by atoms with van der Waals surface area (Å²) in [7, 11) is 0. The van der Waals surface area contributed by atoms with E-state index < -0.39 is 0 Å². The average Bonchev–Trinajstić information content (AvgIpc) is 0. The number of rotatable bonds is 0. The van der Waals surface area contributed by atoms with Crippen LogP contribution in [0.2, 0.25) is 0 Å². The van der Waals surface area contributed by atoms with Gasteiger partial charge in [0, 0.05) is 27.3 Å². The molecule has 6 valence electrons. The smallest absolute Gasteiger partial charge is 0 e. The molecule has 0 bridgehead atoms. The molecule has 0 aromatic rings. The summed E-state index contributed by atoms with van der Waals surface area (Å²) in [5.41, 5.74) is 0. The van der Waals surface area contributed by atoms with Gasteiger partial charge in [0.25, 0.3) is 0 Å². The molecule has 0 saturated carbocycles. The Morgan fingerprint density at radius 1 is 1.00 bits per heavy atom. The summed E-state index contributed by atoms with van der Waals surface area (Å²) in [6.45, 7) is 0. The van der Waals surface area contributed by atoms with Crippen molar-refractivity contribution in [3.8, 4) is 0 Å². The Balaban J connectivity index is 0. The molecule has 0 nitrogen and oxygen atoms in total. The predicted octanol–water partition coefficient (Wildman–Crippen LogP) is -1.52. The van der Waals surface area contributed by atoms with E-state index in [0.717, 1.165) is 0 Å². The minimum atomic E-state index is 0. The Labute approximate surface area is 132 Å². The molecule has 0 rings (SSSR count). The van der Waals surface area contributed by atoms with Gasteiger partial charge in [0.15, 0.2) is 0 Å². The molecule has 0 aliphatic rings. The largest absolute Gasteiger partial charge is 3.00 e. The van der Waals surface area contributed by atoms with Crippen LogP contribution in [0.4, 0.5) is 0 Å². The van der Waals surface area contributed by atoms with Crippen LogP contribution in [0.5, 0.6) is 0 Å². The molecule has 0 spiro atoms. The van der Waals surface area contributed by atoms with Gasteiger partial charge in [-0.2, -0.15) is 0 Å². The van der Waals surface area contributed by atoms with Gasteiger partial charge in [-0.3, -0.25) is 0 Å². The zero-order valence-corrected chi connectivity index (χ0v) is 15.4. The molecule has 0 saturated heterocycles. The van der Waals surface area contributed by atoms with Crippen molar-refractivity contribution in [1.29, 1.82) is 0 Å². The molecule has 0 aliphatic heterocycles. The van der Waals surface area contributed by atoms with Gasteiger partial charge in [0.2, 0.25) is 0 Å². The molecular weight excluding hydrogens is 544 g/mol. The van der Waals surface area contributed by atoms with Crippen LogP contribution in [-0.2, 0) is 0 Å². The summed E-state index contributed by atoms with van der Waals surface area (Å²) >= 11 is 0. The molecule has 0 amide bonds. The van der Waals surface area contributed by atoms with Gasteiger partial charge in [0.05, 0.1) is 0 Å². The van der Waals surface area contributed by atoms with Crippen LogP contribution in [-0.4, -0.2) is 137 Å². The first-order chi connectivity index (χ1) is 0. The van der Waals surface area contributed by atoms with E-state index in [1.54, 1.807) is 0 Å². The number of hydrogen-bond acceptors (Lipinski definition) is 0. The third kappa shape index (κ3) is 9.74. The van der Waals surface area contributed by atoms with Crippen molar-refractivity contribution >= 4 is 137 Å². The fourth-order valence-electron chi connectivity index (χ4n) is 0. The molecule has 0 heterocycles. The quantitative estimate of drug-likeness (QED) is 0.326. The molecule has 0 aliphatic carbocycles. The van der Waals surface area contributed by atoms with Crippen molar-refractivity contribution in [2.45, 2.75) is 0 Å². The van der Waals surface area contributed by atoms with Crippen LogP contribution in [0, 0.1) is 0 Å². The molecule has 0 unspecified atom stereocenters. The third-order valence-corrected chi connectivity index (χ3v) is 0. The Hall–Kier alpha value is 4.55. The Kier molecular flexibility index (Phi) is 92.1. The van der Waals surface area contributed by atoms with Gasteiger partial charge in [-0.15, -0.1) is 0 Å². The molecule has 4 heteroatoms. The summed E-state index contributed by atoms with van der Waals surface area (Å²) in [6, 6.07) is 0. The summed E-state index contributed by atoms with van der Waals surface area (Å²) in [5, 5.41) is 0. The van der Waals surface area contributed by atoms with E-state index >= 15 is 0 Å². The SMILES string of the molecule is [Bi+3].[Ca+2].[Pb].[Sr+2]. The van der Waals surface area contributed by atoms with Crippen LogP contribution in [0.25, 0.3) is 0 Å². The van der Waals surface area contributed by atoms with Crippen molar-refractivity contribution in [2.75, 3.05) is 0 Å². The van der Waals surface area contributed by atoms with E-state index in [1.165, 1.54) is 0 Å². The second-order valence-corrected chi connectivity index (χ2v) is 0. The van der Waals surface area contributed by atoms with Crippen molar-refractivity contribution in [3.05, 3.63) is 0 Å². The zero-order chi connectivity index (χ0) is 0. The second kappa shape index (κ2) is 15.6. The van der Waals surface area contributed by atoms with Crippen molar-refractivity contribution in [1.82, 2.24) is 0 Å². The van der Waals surface area contributed by atoms with Crippen LogP contribution in [0.15, 0.2) is 0 Å². The summed E-state index contributed by atoms with van der Waals surface area (Å²) in [5.74, 6) is 0. The first kappa shape index (κ1) is 23.5. The van der Waals surface area contributed by atoms with Gasteiger partial charge in [0.1, 0.15) is 0 Å². The molecular formula is BiCaPbSr+7. The van der Waals surface area contributed by atoms with Crippen molar-refractivity contribution in [2.24, 2.45) is 0 Å². The van der Waals surface area contributed by atoms with Gasteiger partial charge in [-0.05, 0) is 0 Å². The molecule has 0 aromatic heterocycles. The minimum Gasteiger partial charge on any atom is 0 e. The Morgan fingerprint density at radius 2 is 1.00 bits per heavy atom. The monoisotopic (exact) mass is 545 g/mol. The maximum Gasteiger partial charge on any atom is 3.00 e. The van der Waals surface area contributed by atoms with E-state index in [9.17, 15) is 0 Å². The topological polar surface area (TPSA) is 0 Å².